The molecule has 1 aliphatic heterocycles. The zero-order chi connectivity index (χ0) is 12.8. The average molecular weight is 248 g/mol. The number of hydrogen-bond donors (Lipinski definition) is 1. The Hall–Kier alpha value is -1.22. The molecule has 1 aromatic rings. The number of benzene rings is 1. The largest absolute Gasteiger partial charge is 0.484 e. The Labute approximate surface area is 108 Å². The van der Waals surface area contributed by atoms with E-state index in [-0.39, 0.29) is 17.8 Å². The van der Waals surface area contributed by atoms with Gasteiger partial charge in [0.2, 0.25) is 0 Å². The van der Waals surface area contributed by atoms with Crippen LogP contribution in [0.15, 0.2) is 18.2 Å². The molecule has 0 spiro atoms. The third-order valence-electron chi connectivity index (χ3n) is 3.75. The van der Waals surface area contributed by atoms with Crippen LogP contribution in [0.5, 0.6) is 11.5 Å². The fraction of sp³-hybridized carbons (Fsp3) is 0.600. The van der Waals surface area contributed by atoms with Gasteiger partial charge in [0, 0.05) is 12.0 Å². The standard InChI is InChI=1S/C15H20O3/c1-15(2)9-10-5-3-8-13(14(10)18-15)17-12-7-4-6-11(12)16/h3,5,8,11-12,16H,4,6-7,9H2,1-2H3/t11-,12-/m1/s1. The smallest absolute Gasteiger partial charge is 0.165 e. The number of para-hydroxylation sites is 1. The van der Waals surface area contributed by atoms with E-state index in [1.54, 1.807) is 0 Å². The summed E-state index contributed by atoms with van der Waals surface area (Å²) in [6.07, 6.45) is 3.29. The number of ether oxygens (including phenoxy) is 2. The normalized spacial score (nSPS) is 28.8. The van der Waals surface area contributed by atoms with Gasteiger partial charge in [0.15, 0.2) is 11.5 Å². The van der Waals surface area contributed by atoms with Crippen LogP contribution in [0.2, 0.25) is 0 Å². The summed E-state index contributed by atoms with van der Waals surface area (Å²) in [4.78, 5) is 0. The van der Waals surface area contributed by atoms with Crippen LogP contribution < -0.4 is 9.47 Å². The molecule has 1 aliphatic carbocycles. The Morgan fingerprint density at radius 2 is 2.17 bits per heavy atom. The van der Waals surface area contributed by atoms with Gasteiger partial charge in [0.25, 0.3) is 0 Å². The van der Waals surface area contributed by atoms with Crippen LogP contribution in [-0.2, 0) is 6.42 Å². The maximum absolute atomic E-state index is 9.84. The highest BCUT2D eigenvalue weighted by Crippen LogP contribution is 2.42. The van der Waals surface area contributed by atoms with Crippen molar-refractivity contribution in [3.05, 3.63) is 23.8 Å². The zero-order valence-electron chi connectivity index (χ0n) is 11.0. The Bertz CT molecular complexity index is 453. The molecule has 0 unspecified atom stereocenters. The Balaban J connectivity index is 1.84. The van der Waals surface area contributed by atoms with E-state index in [4.69, 9.17) is 9.47 Å². The third kappa shape index (κ3) is 2.07. The maximum Gasteiger partial charge on any atom is 0.165 e. The maximum atomic E-state index is 9.84. The molecule has 3 rings (SSSR count). The quantitative estimate of drug-likeness (QED) is 0.874. The molecule has 2 atom stereocenters. The van der Waals surface area contributed by atoms with Crippen molar-refractivity contribution in [2.24, 2.45) is 0 Å². The lowest BCUT2D eigenvalue weighted by Crippen LogP contribution is -2.27. The lowest BCUT2D eigenvalue weighted by atomic mass is 10.0. The van der Waals surface area contributed by atoms with Gasteiger partial charge in [-0.25, -0.2) is 0 Å². The first-order valence-electron chi connectivity index (χ1n) is 6.71. The second-order valence-corrected chi connectivity index (χ2v) is 5.94. The first-order chi connectivity index (χ1) is 8.55. The van der Waals surface area contributed by atoms with E-state index >= 15 is 0 Å². The summed E-state index contributed by atoms with van der Waals surface area (Å²) in [5.41, 5.74) is 1.04. The SMILES string of the molecule is CC1(C)Cc2cccc(O[C@@H]3CCC[C@H]3O)c2O1. The summed E-state index contributed by atoms with van der Waals surface area (Å²) >= 11 is 0. The van der Waals surface area contributed by atoms with Crippen molar-refractivity contribution in [2.75, 3.05) is 0 Å². The van der Waals surface area contributed by atoms with Crippen molar-refractivity contribution in [2.45, 2.75) is 57.3 Å². The highest BCUT2D eigenvalue weighted by atomic mass is 16.5. The molecule has 98 valence electrons. The van der Waals surface area contributed by atoms with Crippen LogP contribution in [-0.4, -0.2) is 22.9 Å². The van der Waals surface area contributed by atoms with Gasteiger partial charge >= 0.3 is 0 Å². The van der Waals surface area contributed by atoms with Crippen LogP contribution in [0.3, 0.4) is 0 Å². The average Bonchev–Trinajstić information content (AvgIpc) is 2.82. The van der Waals surface area contributed by atoms with Gasteiger partial charge in [-0.3, -0.25) is 0 Å². The number of aliphatic hydroxyl groups is 1. The van der Waals surface area contributed by atoms with Crippen LogP contribution in [0.4, 0.5) is 0 Å². The monoisotopic (exact) mass is 248 g/mol. The van der Waals surface area contributed by atoms with Crippen molar-refractivity contribution >= 4 is 0 Å². The Kier molecular flexibility index (Phi) is 2.74. The summed E-state index contributed by atoms with van der Waals surface area (Å²) in [7, 11) is 0. The number of rotatable bonds is 2. The molecule has 0 radical (unpaired) electrons. The third-order valence-corrected chi connectivity index (χ3v) is 3.75. The highest BCUT2D eigenvalue weighted by molar-refractivity contribution is 5.50. The first-order valence-corrected chi connectivity index (χ1v) is 6.71. The molecule has 0 aromatic heterocycles. The molecular weight excluding hydrogens is 228 g/mol. The van der Waals surface area contributed by atoms with Gasteiger partial charge in [-0.2, -0.15) is 0 Å². The molecule has 0 saturated heterocycles. The van der Waals surface area contributed by atoms with E-state index in [2.05, 4.69) is 19.9 Å². The molecule has 0 amide bonds. The fourth-order valence-corrected chi connectivity index (χ4v) is 2.89. The van der Waals surface area contributed by atoms with Crippen LogP contribution >= 0.6 is 0 Å². The Morgan fingerprint density at radius 1 is 1.33 bits per heavy atom. The molecule has 1 fully saturated rings. The van der Waals surface area contributed by atoms with Gasteiger partial charge in [-0.15, -0.1) is 0 Å². The van der Waals surface area contributed by atoms with Gasteiger partial charge in [0.1, 0.15) is 11.7 Å². The van der Waals surface area contributed by atoms with Gasteiger partial charge < -0.3 is 14.6 Å². The van der Waals surface area contributed by atoms with Crippen molar-refractivity contribution in [1.29, 1.82) is 0 Å². The molecule has 3 nitrogen and oxygen atoms in total. The fourth-order valence-electron chi connectivity index (χ4n) is 2.89. The molecule has 1 N–H and O–H groups in total. The number of hydrogen-bond acceptors (Lipinski definition) is 3. The van der Waals surface area contributed by atoms with Crippen molar-refractivity contribution in [3.63, 3.8) is 0 Å². The Morgan fingerprint density at radius 3 is 2.89 bits per heavy atom. The minimum Gasteiger partial charge on any atom is -0.484 e. The molecule has 0 bridgehead atoms. The summed E-state index contributed by atoms with van der Waals surface area (Å²) in [6.45, 7) is 4.17. The highest BCUT2D eigenvalue weighted by Gasteiger charge is 2.34. The van der Waals surface area contributed by atoms with Crippen molar-refractivity contribution < 1.29 is 14.6 Å². The van der Waals surface area contributed by atoms with E-state index in [0.717, 1.165) is 37.2 Å². The molecule has 1 heterocycles. The van der Waals surface area contributed by atoms with E-state index in [9.17, 15) is 5.11 Å². The lowest BCUT2D eigenvalue weighted by molar-refractivity contribution is 0.0551. The number of fused-ring (bicyclic) bond motifs is 1. The minimum absolute atomic E-state index is 0.0798. The summed E-state index contributed by atoms with van der Waals surface area (Å²) in [5, 5.41) is 9.84. The minimum atomic E-state index is -0.338. The molecule has 1 saturated carbocycles. The lowest BCUT2D eigenvalue weighted by Gasteiger charge is -2.21. The topological polar surface area (TPSA) is 38.7 Å². The molecule has 2 aliphatic rings. The number of aliphatic hydroxyl groups excluding tert-OH is 1. The second-order valence-electron chi connectivity index (χ2n) is 5.94. The molecule has 3 heteroatoms. The second kappa shape index (κ2) is 4.16. The predicted molar refractivity (Wildman–Crippen MR) is 69.1 cm³/mol. The molecule has 18 heavy (non-hydrogen) atoms. The van der Waals surface area contributed by atoms with Gasteiger partial charge in [0.05, 0.1) is 6.10 Å². The molecular formula is C15H20O3. The zero-order valence-corrected chi connectivity index (χ0v) is 11.0. The summed E-state index contributed by atoms with van der Waals surface area (Å²) < 4.78 is 11.9. The van der Waals surface area contributed by atoms with E-state index in [1.165, 1.54) is 5.56 Å². The van der Waals surface area contributed by atoms with Gasteiger partial charge in [-0.05, 0) is 39.2 Å². The predicted octanol–water partition coefficient (Wildman–Crippen LogP) is 2.69. The van der Waals surface area contributed by atoms with Crippen LogP contribution in [0.25, 0.3) is 0 Å². The van der Waals surface area contributed by atoms with E-state index < -0.39 is 0 Å². The molecule has 1 aromatic carbocycles. The van der Waals surface area contributed by atoms with E-state index in [0.29, 0.717) is 0 Å². The van der Waals surface area contributed by atoms with E-state index in [1.807, 2.05) is 12.1 Å². The van der Waals surface area contributed by atoms with Crippen molar-refractivity contribution in [1.82, 2.24) is 0 Å². The first kappa shape index (κ1) is 11.8. The van der Waals surface area contributed by atoms with Crippen LogP contribution in [0.1, 0.15) is 38.7 Å². The van der Waals surface area contributed by atoms with Crippen LogP contribution in [0, 0.1) is 0 Å². The van der Waals surface area contributed by atoms with Crippen molar-refractivity contribution in [3.8, 4) is 11.5 Å². The van der Waals surface area contributed by atoms with Gasteiger partial charge in [-0.1, -0.05) is 12.1 Å². The summed E-state index contributed by atoms with van der Waals surface area (Å²) in [5.74, 6) is 1.64. The summed E-state index contributed by atoms with van der Waals surface area (Å²) in [6, 6.07) is 6.02.